The predicted molar refractivity (Wildman–Crippen MR) is 81.6 cm³/mol. The molecule has 1 fully saturated rings. The van der Waals surface area contributed by atoms with Crippen molar-refractivity contribution in [1.82, 2.24) is 20.2 Å². The molecule has 0 spiro atoms. The molecule has 21 heavy (non-hydrogen) atoms. The van der Waals surface area contributed by atoms with Gasteiger partial charge in [0.25, 0.3) is 0 Å². The molecule has 1 aliphatic rings. The molecular weight excluding hydrogens is 284 g/mol. The molecule has 1 saturated carbocycles. The number of nitrogens with zero attached hydrogens (tertiary/aromatic N) is 4. The molecule has 110 valence electrons. The fourth-order valence-corrected chi connectivity index (χ4v) is 3.03. The van der Waals surface area contributed by atoms with Crippen LogP contribution in [0.2, 0.25) is 0 Å². The minimum Gasteiger partial charge on any atom is -0.293 e. The Bertz CT molecular complexity index is 619. The molecule has 0 N–H and O–H groups in total. The van der Waals surface area contributed by atoms with Gasteiger partial charge in [-0.1, -0.05) is 49.4 Å². The van der Waals surface area contributed by atoms with Crippen molar-refractivity contribution in [2.75, 3.05) is 5.75 Å². The van der Waals surface area contributed by atoms with Crippen molar-refractivity contribution in [3.8, 4) is 0 Å². The van der Waals surface area contributed by atoms with Crippen LogP contribution in [0, 0.1) is 0 Å². The Labute approximate surface area is 128 Å². The summed E-state index contributed by atoms with van der Waals surface area (Å²) >= 11 is 1.42. The van der Waals surface area contributed by atoms with Gasteiger partial charge in [0.15, 0.2) is 5.78 Å². The lowest BCUT2D eigenvalue weighted by Gasteiger charge is -2.03. The van der Waals surface area contributed by atoms with Gasteiger partial charge in [-0.15, -0.1) is 5.10 Å². The molecular formula is C15H18N4OS. The topological polar surface area (TPSA) is 60.7 Å². The predicted octanol–water partition coefficient (Wildman–Crippen LogP) is 2.94. The minimum absolute atomic E-state index is 0.119. The van der Waals surface area contributed by atoms with Crippen LogP contribution in [0.3, 0.4) is 0 Å². The van der Waals surface area contributed by atoms with Gasteiger partial charge in [-0.2, -0.15) is 0 Å². The molecule has 1 aliphatic carbocycles. The summed E-state index contributed by atoms with van der Waals surface area (Å²) in [5, 5.41) is 12.4. The van der Waals surface area contributed by atoms with Crippen LogP contribution in [0.15, 0.2) is 29.4 Å². The first-order chi connectivity index (χ1) is 10.3. The first-order valence-electron chi connectivity index (χ1n) is 7.30. The van der Waals surface area contributed by atoms with Crippen molar-refractivity contribution in [2.45, 2.75) is 43.8 Å². The largest absolute Gasteiger partial charge is 0.293 e. The van der Waals surface area contributed by atoms with Gasteiger partial charge in [0.2, 0.25) is 5.16 Å². The summed E-state index contributed by atoms with van der Waals surface area (Å²) in [6.07, 6.45) is 4.43. The van der Waals surface area contributed by atoms with E-state index < -0.39 is 0 Å². The van der Waals surface area contributed by atoms with E-state index >= 15 is 0 Å². The van der Waals surface area contributed by atoms with Gasteiger partial charge in [-0.25, -0.2) is 4.68 Å². The number of aryl methyl sites for hydroxylation is 1. The van der Waals surface area contributed by atoms with Crippen LogP contribution < -0.4 is 0 Å². The summed E-state index contributed by atoms with van der Waals surface area (Å²) in [6, 6.07) is 8.34. The lowest BCUT2D eigenvalue weighted by atomic mass is 10.1. The molecule has 0 aliphatic heterocycles. The number of aromatic nitrogens is 4. The van der Waals surface area contributed by atoms with Gasteiger partial charge < -0.3 is 0 Å². The van der Waals surface area contributed by atoms with Crippen molar-refractivity contribution < 1.29 is 4.79 Å². The Morgan fingerprint density at radius 1 is 1.33 bits per heavy atom. The molecule has 0 atom stereocenters. The van der Waals surface area contributed by atoms with Crippen molar-refractivity contribution in [1.29, 1.82) is 0 Å². The third-order valence-electron chi connectivity index (χ3n) is 3.50. The average molecular weight is 302 g/mol. The van der Waals surface area contributed by atoms with Gasteiger partial charge in [-0.3, -0.25) is 4.79 Å². The summed E-state index contributed by atoms with van der Waals surface area (Å²) in [7, 11) is 0. The van der Waals surface area contributed by atoms with Crippen LogP contribution in [-0.2, 0) is 6.42 Å². The maximum absolute atomic E-state index is 12.2. The minimum atomic E-state index is 0.119. The van der Waals surface area contributed by atoms with E-state index in [4.69, 9.17) is 0 Å². The van der Waals surface area contributed by atoms with Gasteiger partial charge in [0, 0.05) is 5.56 Å². The van der Waals surface area contributed by atoms with E-state index in [9.17, 15) is 4.79 Å². The summed E-state index contributed by atoms with van der Waals surface area (Å²) in [5.41, 5.74) is 2.03. The van der Waals surface area contributed by atoms with Crippen molar-refractivity contribution >= 4 is 17.5 Å². The van der Waals surface area contributed by atoms with Gasteiger partial charge in [-0.05, 0) is 35.3 Å². The Balaban J connectivity index is 1.59. The Kier molecular flexibility index (Phi) is 4.34. The summed E-state index contributed by atoms with van der Waals surface area (Å²) in [5.74, 6) is 0.494. The second-order valence-electron chi connectivity index (χ2n) is 5.30. The summed E-state index contributed by atoms with van der Waals surface area (Å²) < 4.78 is 1.84. The van der Waals surface area contributed by atoms with Crippen molar-refractivity contribution in [3.05, 3.63) is 35.4 Å². The van der Waals surface area contributed by atoms with Crippen LogP contribution in [0.1, 0.15) is 48.1 Å². The number of carbonyl (C=O) groups excluding carboxylic acids is 1. The highest BCUT2D eigenvalue weighted by Crippen LogP contribution is 2.36. The lowest BCUT2D eigenvalue weighted by Crippen LogP contribution is -2.05. The highest BCUT2D eigenvalue weighted by atomic mass is 32.2. The van der Waals surface area contributed by atoms with Crippen LogP contribution in [0.4, 0.5) is 0 Å². The van der Waals surface area contributed by atoms with Crippen LogP contribution >= 0.6 is 11.8 Å². The molecule has 1 aromatic carbocycles. The third-order valence-corrected chi connectivity index (χ3v) is 4.44. The second kappa shape index (κ2) is 6.39. The number of tetrazole rings is 1. The molecule has 0 saturated heterocycles. The molecule has 0 radical (unpaired) electrons. The molecule has 0 bridgehead atoms. The number of benzene rings is 1. The fourth-order valence-electron chi connectivity index (χ4n) is 2.19. The number of thioether (sulfide) groups is 1. The fraction of sp³-hybridized carbons (Fsp3) is 0.467. The SMILES string of the molecule is CCCc1ccc(C(=O)CSc2nnnn2C2CC2)cc1. The van der Waals surface area contributed by atoms with Crippen LogP contribution in [0.5, 0.6) is 0 Å². The Hall–Kier alpha value is -1.69. The first kappa shape index (κ1) is 14.3. The normalized spacial score (nSPS) is 14.3. The highest BCUT2D eigenvalue weighted by Gasteiger charge is 2.28. The average Bonchev–Trinajstić information content (AvgIpc) is 3.24. The number of ketones is 1. The number of hydrogen-bond donors (Lipinski definition) is 0. The van der Waals surface area contributed by atoms with E-state index in [1.165, 1.54) is 17.3 Å². The van der Waals surface area contributed by atoms with E-state index in [1.54, 1.807) is 0 Å². The van der Waals surface area contributed by atoms with Crippen LogP contribution in [0.25, 0.3) is 0 Å². The summed E-state index contributed by atoms with van der Waals surface area (Å²) in [6.45, 7) is 2.15. The van der Waals surface area contributed by atoms with Gasteiger partial charge in [0.1, 0.15) is 0 Å². The van der Waals surface area contributed by atoms with Gasteiger partial charge in [0.05, 0.1) is 11.8 Å². The zero-order valence-corrected chi connectivity index (χ0v) is 12.8. The smallest absolute Gasteiger partial charge is 0.210 e. The number of hydrogen-bond acceptors (Lipinski definition) is 5. The number of Topliss-reactive ketones (excluding diaryl/α,β-unsaturated/α-hetero) is 1. The van der Waals surface area contributed by atoms with Crippen LogP contribution in [-0.4, -0.2) is 31.7 Å². The molecule has 1 aromatic heterocycles. The van der Waals surface area contributed by atoms with Crippen molar-refractivity contribution in [3.63, 3.8) is 0 Å². The maximum Gasteiger partial charge on any atom is 0.210 e. The first-order valence-corrected chi connectivity index (χ1v) is 8.29. The van der Waals surface area contributed by atoms with E-state index in [1.807, 2.05) is 28.9 Å². The van der Waals surface area contributed by atoms with E-state index in [-0.39, 0.29) is 5.78 Å². The monoisotopic (exact) mass is 302 g/mol. The van der Waals surface area contributed by atoms with E-state index in [0.29, 0.717) is 11.8 Å². The maximum atomic E-state index is 12.2. The molecule has 0 amide bonds. The molecule has 0 unspecified atom stereocenters. The lowest BCUT2D eigenvalue weighted by molar-refractivity contribution is 0.102. The third kappa shape index (κ3) is 3.50. The summed E-state index contributed by atoms with van der Waals surface area (Å²) in [4.78, 5) is 12.2. The van der Waals surface area contributed by atoms with Crippen molar-refractivity contribution in [2.24, 2.45) is 0 Å². The quantitative estimate of drug-likeness (QED) is 0.581. The Morgan fingerprint density at radius 2 is 2.10 bits per heavy atom. The number of carbonyl (C=O) groups is 1. The van der Waals surface area contributed by atoms with E-state index in [2.05, 4.69) is 22.4 Å². The second-order valence-corrected chi connectivity index (χ2v) is 6.24. The standard InChI is InChI=1S/C15H18N4OS/c1-2-3-11-4-6-12(7-5-11)14(20)10-21-15-16-17-18-19(15)13-8-9-13/h4-7,13H,2-3,8-10H2,1H3. The zero-order valence-electron chi connectivity index (χ0n) is 12.0. The van der Waals surface area contributed by atoms with E-state index in [0.717, 1.165) is 36.4 Å². The highest BCUT2D eigenvalue weighted by molar-refractivity contribution is 7.99. The molecule has 3 rings (SSSR count). The number of rotatable bonds is 7. The molecule has 2 aromatic rings. The zero-order chi connectivity index (χ0) is 14.7. The molecule has 6 heteroatoms. The molecule has 1 heterocycles. The molecule has 5 nitrogen and oxygen atoms in total. The Morgan fingerprint density at radius 3 is 2.76 bits per heavy atom. The van der Waals surface area contributed by atoms with Gasteiger partial charge >= 0.3 is 0 Å².